The maximum atomic E-state index is 11.8. The molecule has 0 fully saturated rings. The molecule has 0 aliphatic rings. The summed E-state index contributed by atoms with van der Waals surface area (Å²) in [6, 6.07) is 21.5. The second-order valence-electron chi connectivity index (χ2n) is 8.26. The standard InChI is InChI=1S/C26H23ClN2O4S/c1-17(2)19-11-13-21(14-12-19)26-28-25(27)23(16-30)29(26)15-18-7-9-20(10-8-18)22-5-3-4-6-24(22)34(31,32)33/h3-14,16-17H,15H2,1-2H3,(H,31,32,33). The number of hydrogen-bond acceptors (Lipinski definition) is 4. The Balaban J connectivity index is 1.70. The summed E-state index contributed by atoms with van der Waals surface area (Å²) in [5, 5.41) is 0.136. The SMILES string of the molecule is CC(C)c1ccc(-c2nc(Cl)c(C=O)n2Cc2ccc(-c3ccccc3S(=O)(=O)O)cc2)cc1. The van der Waals surface area contributed by atoms with Gasteiger partial charge in [-0.05, 0) is 28.7 Å². The molecule has 1 N–H and O–H groups in total. The van der Waals surface area contributed by atoms with Crippen LogP contribution in [0.2, 0.25) is 5.15 Å². The number of nitrogens with zero attached hydrogens (tertiary/aromatic N) is 2. The van der Waals surface area contributed by atoms with Crippen LogP contribution in [0.25, 0.3) is 22.5 Å². The lowest BCUT2D eigenvalue weighted by Crippen LogP contribution is -2.06. The smallest absolute Gasteiger partial charge is 0.295 e. The van der Waals surface area contributed by atoms with Crippen LogP contribution in [-0.4, -0.2) is 28.8 Å². The van der Waals surface area contributed by atoms with Gasteiger partial charge in [0.2, 0.25) is 0 Å². The number of aromatic nitrogens is 2. The number of carbonyl (C=O) groups is 1. The summed E-state index contributed by atoms with van der Waals surface area (Å²) in [5.74, 6) is 0.982. The minimum absolute atomic E-state index is 0.136. The quantitative estimate of drug-likeness (QED) is 0.247. The van der Waals surface area contributed by atoms with Crippen molar-refractivity contribution in [1.82, 2.24) is 9.55 Å². The molecule has 8 heteroatoms. The second kappa shape index (κ2) is 9.54. The highest BCUT2D eigenvalue weighted by Gasteiger charge is 2.19. The molecule has 3 aromatic carbocycles. The van der Waals surface area contributed by atoms with E-state index in [0.29, 0.717) is 35.7 Å². The van der Waals surface area contributed by atoms with Crippen LogP contribution >= 0.6 is 11.6 Å². The Bertz CT molecular complexity index is 1440. The van der Waals surface area contributed by atoms with Crippen molar-refractivity contribution < 1.29 is 17.8 Å². The molecule has 0 saturated carbocycles. The Hall–Kier alpha value is -3.26. The van der Waals surface area contributed by atoms with Crippen molar-refractivity contribution in [2.75, 3.05) is 0 Å². The number of hydrogen-bond donors (Lipinski definition) is 1. The van der Waals surface area contributed by atoms with E-state index in [1.807, 2.05) is 36.4 Å². The van der Waals surface area contributed by atoms with E-state index >= 15 is 0 Å². The maximum Gasteiger partial charge on any atom is 0.295 e. The molecule has 0 radical (unpaired) electrons. The molecule has 1 heterocycles. The van der Waals surface area contributed by atoms with Gasteiger partial charge in [-0.1, -0.05) is 92.2 Å². The van der Waals surface area contributed by atoms with Crippen molar-refractivity contribution in [1.29, 1.82) is 0 Å². The molecule has 0 amide bonds. The predicted octanol–water partition coefficient (Wildman–Crippen LogP) is 6.10. The van der Waals surface area contributed by atoms with Crippen LogP contribution < -0.4 is 0 Å². The molecule has 34 heavy (non-hydrogen) atoms. The fourth-order valence-electron chi connectivity index (χ4n) is 3.85. The molecule has 1 aromatic heterocycles. The van der Waals surface area contributed by atoms with E-state index in [0.717, 1.165) is 11.1 Å². The summed E-state index contributed by atoms with van der Waals surface area (Å²) >= 11 is 6.27. The van der Waals surface area contributed by atoms with Gasteiger partial charge in [-0.3, -0.25) is 9.35 Å². The topological polar surface area (TPSA) is 89.3 Å². The van der Waals surface area contributed by atoms with Crippen LogP contribution in [0.1, 0.15) is 41.4 Å². The van der Waals surface area contributed by atoms with Crippen LogP contribution in [0.4, 0.5) is 0 Å². The number of imidazole rings is 1. The van der Waals surface area contributed by atoms with E-state index in [1.165, 1.54) is 11.6 Å². The first kappa shape index (κ1) is 23.9. The lowest BCUT2D eigenvalue weighted by Gasteiger charge is -2.12. The first-order chi connectivity index (χ1) is 16.2. The fourth-order valence-corrected chi connectivity index (χ4v) is 4.79. The van der Waals surface area contributed by atoms with Crippen molar-refractivity contribution in [3.05, 3.63) is 94.8 Å². The van der Waals surface area contributed by atoms with E-state index in [4.69, 9.17) is 11.6 Å². The number of aldehydes is 1. The Kier molecular flexibility index (Phi) is 6.70. The number of rotatable bonds is 7. The third-order valence-electron chi connectivity index (χ3n) is 5.68. The number of halogens is 1. The lowest BCUT2D eigenvalue weighted by atomic mass is 10.0. The molecular formula is C26H23ClN2O4S. The molecule has 0 aliphatic heterocycles. The molecule has 0 unspecified atom stereocenters. The third kappa shape index (κ3) is 4.82. The molecule has 6 nitrogen and oxygen atoms in total. The van der Waals surface area contributed by atoms with Gasteiger partial charge in [-0.15, -0.1) is 0 Å². The number of carbonyl (C=O) groups excluding carboxylic acids is 1. The zero-order valence-corrected chi connectivity index (χ0v) is 20.2. The highest BCUT2D eigenvalue weighted by molar-refractivity contribution is 7.86. The van der Waals surface area contributed by atoms with Gasteiger partial charge in [0, 0.05) is 17.7 Å². The summed E-state index contributed by atoms with van der Waals surface area (Å²) in [5.41, 5.74) is 4.24. The summed E-state index contributed by atoms with van der Waals surface area (Å²) in [6.07, 6.45) is 0.693. The molecule has 4 rings (SSSR count). The van der Waals surface area contributed by atoms with Gasteiger partial charge < -0.3 is 4.57 Å². The Morgan fingerprint density at radius 1 is 0.971 bits per heavy atom. The van der Waals surface area contributed by atoms with Crippen molar-refractivity contribution in [2.45, 2.75) is 31.2 Å². The molecular weight excluding hydrogens is 472 g/mol. The lowest BCUT2D eigenvalue weighted by molar-refractivity contribution is 0.111. The maximum absolute atomic E-state index is 11.8. The highest BCUT2D eigenvalue weighted by atomic mass is 35.5. The third-order valence-corrected chi connectivity index (χ3v) is 6.87. The first-order valence-corrected chi connectivity index (χ1v) is 12.5. The highest BCUT2D eigenvalue weighted by Crippen LogP contribution is 2.30. The predicted molar refractivity (Wildman–Crippen MR) is 133 cm³/mol. The summed E-state index contributed by atoms with van der Waals surface area (Å²) in [6.45, 7) is 4.58. The van der Waals surface area contributed by atoms with E-state index in [-0.39, 0.29) is 15.7 Å². The molecule has 4 aromatic rings. The Labute approximate surface area is 203 Å². The minimum Gasteiger partial charge on any atom is -0.316 e. The largest absolute Gasteiger partial charge is 0.316 e. The van der Waals surface area contributed by atoms with E-state index in [2.05, 4.69) is 18.8 Å². The van der Waals surface area contributed by atoms with Crippen LogP contribution in [0, 0.1) is 0 Å². The van der Waals surface area contributed by atoms with Crippen LogP contribution in [0.5, 0.6) is 0 Å². The summed E-state index contributed by atoms with van der Waals surface area (Å²) in [7, 11) is -4.36. The Morgan fingerprint density at radius 2 is 1.59 bits per heavy atom. The van der Waals surface area contributed by atoms with Gasteiger partial charge >= 0.3 is 0 Å². The van der Waals surface area contributed by atoms with Gasteiger partial charge in [0.15, 0.2) is 11.4 Å². The van der Waals surface area contributed by atoms with Gasteiger partial charge in [0.1, 0.15) is 16.4 Å². The number of benzene rings is 3. The van der Waals surface area contributed by atoms with E-state index in [1.54, 1.807) is 34.9 Å². The zero-order chi connectivity index (χ0) is 24.5. The van der Waals surface area contributed by atoms with Gasteiger partial charge in [0.25, 0.3) is 10.1 Å². The van der Waals surface area contributed by atoms with Crippen LogP contribution in [0.15, 0.2) is 77.7 Å². The molecule has 0 aliphatic carbocycles. The van der Waals surface area contributed by atoms with Gasteiger partial charge in [-0.25, -0.2) is 4.98 Å². The zero-order valence-electron chi connectivity index (χ0n) is 18.6. The molecule has 0 bridgehead atoms. The molecule has 0 spiro atoms. The second-order valence-corrected chi connectivity index (χ2v) is 10.0. The molecule has 0 atom stereocenters. The monoisotopic (exact) mass is 494 g/mol. The first-order valence-electron chi connectivity index (χ1n) is 10.7. The Morgan fingerprint density at radius 3 is 2.18 bits per heavy atom. The van der Waals surface area contributed by atoms with E-state index < -0.39 is 10.1 Å². The fraction of sp³-hybridized carbons (Fsp3) is 0.154. The van der Waals surface area contributed by atoms with Crippen molar-refractivity contribution >= 4 is 28.0 Å². The van der Waals surface area contributed by atoms with Gasteiger partial charge in [0.05, 0.1) is 0 Å². The van der Waals surface area contributed by atoms with Crippen molar-refractivity contribution in [3.63, 3.8) is 0 Å². The van der Waals surface area contributed by atoms with Crippen molar-refractivity contribution in [3.8, 4) is 22.5 Å². The average Bonchev–Trinajstić information content (AvgIpc) is 3.13. The molecule has 0 saturated heterocycles. The minimum atomic E-state index is -4.36. The van der Waals surface area contributed by atoms with Crippen molar-refractivity contribution in [2.24, 2.45) is 0 Å². The molecule has 174 valence electrons. The van der Waals surface area contributed by atoms with Crippen LogP contribution in [-0.2, 0) is 16.7 Å². The summed E-state index contributed by atoms with van der Waals surface area (Å²) in [4.78, 5) is 16.0. The van der Waals surface area contributed by atoms with Crippen LogP contribution in [0.3, 0.4) is 0 Å². The normalized spacial score (nSPS) is 11.7. The van der Waals surface area contributed by atoms with Gasteiger partial charge in [-0.2, -0.15) is 8.42 Å². The summed E-state index contributed by atoms with van der Waals surface area (Å²) < 4.78 is 34.8. The van der Waals surface area contributed by atoms with E-state index in [9.17, 15) is 17.8 Å². The average molecular weight is 495 g/mol.